The van der Waals surface area contributed by atoms with Gasteiger partial charge >= 0.3 is 0 Å². The Balaban J connectivity index is 1.08. The van der Waals surface area contributed by atoms with E-state index in [-0.39, 0.29) is 5.41 Å². The van der Waals surface area contributed by atoms with Crippen LogP contribution in [-0.4, -0.2) is 0 Å². The molecule has 0 unspecified atom stereocenters. The van der Waals surface area contributed by atoms with Crippen LogP contribution in [0.1, 0.15) is 54.7 Å². The average Bonchev–Trinajstić information content (AvgIpc) is 3.75. The minimum Gasteiger partial charge on any atom is -0.135 e. The number of thiophene rings is 1. The lowest BCUT2D eigenvalue weighted by Gasteiger charge is -2.24. The molecular formula is C55H40S. The van der Waals surface area contributed by atoms with Crippen LogP contribution in [0.15, 0.2) is 140 Å². The number of rotatable bonds is 3. The van der Waals surface area contributed by atoms with E-state index in [9.17, 15) is 0 Å². The first kappa shape index (κ1) is 32.2. The maximum Gasteiger partial charge on any atom is 0.0440 e. The maximum atomic E-state index is 2.52. The SMILES string of the molecule is CC1(C)c2ccc(-c3cccc(-c4c5c(c(-c6cccc7ccccc67)c6ccccc46)=CCCC=5)c3)cc2-c2c1c1ccccc1c1c3c(sc21)C=CCC3. The summed E-state index contributed by atoms with van der Waals surface area (Å²) >= 11 is 2.01. The van der Waals surface area contributed by atoms with Gasteiger partial charge in [-0.2, -0.15) is 0 Å². The molecule has 0 aliphatic heterocycles. The lowest BCUT2D eigenvalue weighted by molar-refractivity contribution is 0.666. The van der Waals surface area contributed by atoms with Crippen molar-refractivity contribution < 1.29 is 0 Å². The van der Waals surface area contributed by atoms with E-state index >= 15 is 0 Å². The fourth-order valence-corrected chi connectivity index (χ4v) is 12.0. The van der Waals surface area contributed by atoms with Gasteiger partial charge in [-0.25, -0.2) is 0 Å². The van der Waals surface area contributed by atoms with Gasteiger partial charge in [-0.05, 0) is 142 Å². The third-order valence-electron chi connectivity index (χ3n) is 13.1. The Bertz CT molecular complexity index is 3320. The lowest BCUT2D eigenvalue weighted by Crippen LogP contribution is -2.31. The summed E-state index contributed by atoms with van der Waals surface area (Å²) < 4.78 is 1.46. The first-order valence-electron chi connectivity index (χ1n) is 20.2. The molecule has 8 aromatic carbocycles. The summed E-state index contributed by atoms with van der Waals surface area (Å²) in [7, 11) is 0. The second-order valence-electron chi connectivity index (χ2n) is 16.5. The van der Waals surface area contributed by atoms with Crippen molar-refractivity contribution in [2.75, 3.05) is 0 Å². The number of benzene rings is 8. The van der Waals surface area contributed by atoms with Gasteiger partial charge in [0.05, 0.1) is 0 Å². The van der Waals surface area contributed by atoms with Crippen LogP contribution in [0, 0.1) is 0 Å². The van der Waals surface area contributed by atoms with Crippen LogP contribution in [0.4, 0.5) is 0 Å². The molecule has 3 aliphatic carbocycles. The van der Waals surface area contributed by atoms with Crippen molar-refractivity contribution in [1.29, 1.82) is 0 Å². The highest BCUT2D eigenvalue weighted by Crippen LogP contribution is 2.57. The van der Waals surface area contributed by atoms with Gasteiger partial charge in [0.1, 0.15) is 0 Å². The third kappa shape index (κ3) is 4.47. The minimum absolute atomic E-state index is 0.102. The zero-order valence-corrected chi connectivity index (χ0v) is 32.6. The predicted octanol–water partition coefficient (Wildman–Crippen LogP) is 14.0. The van der Waals surface area contributed by atoms with Crippen LogP contribution in [-0.2, 0) is 11.8 Å². The normalized spacial score (nSPS) is 15.0. The molecule has 0 bridgehead atoms. The predicted molar refractivity (Wildman–Crippen MR) is 243 cm³/mol. The van der Waals surface area contributed by atoms with Crippen molar-refractivity contribution in [3.8, 4) is 44.5 Å². The molecule has 0 atom stereocenters. The molecule has 3 aliphatic rings. The van der Waals surface area contributed by atoms with Crippen LogP contribution in [0.3, 0.4) is 0 Å². The highest BCUT2D eigenvalue weighted by Gasteiger charge is 2.39. The van der Waals surface area contributed by atoms with E-state index in [1.165, 1.54) is 119 Å². The molecule has 12 rings (SSSR count). The van der Waals surface area contributed by atoms with Crippen molar-refractivity contribution in [1.82, 2.24) is 0 Å². The average molecular weight is 733 g/mol. The number of hydrogen-bond donors (Lipinski definition) is 0. The van der Waals surface area contributed by atoms with Crippen LogP contribution in [0.5, 0.6) is 0 Å². The third-order valence-corrected chi connectivity index (χ3v) is 14.3. The summed E-state index contributed by atoms with van der Waals surface area (Å²) in [6.07, 6.45) is 14.1. The molecule has 0 radical (unpaired) electrons. The van der Waals surface area contributed by atoms with Crippen LogP contribution < -0.4 is 10.4 Å². The second kappa shape index (κ2) is 12.0. The van der Waals surface area contributed by atoms with E-state index in [1.807, 2.05) is 11.3 Å². The quantitative estimate of drug-likeness (QED) is 0.170. The van der Waals surface area contributed by atoms with E-state index in [2.05, 4.69) is 172 Å². The number of fused-ring (bicyclic) bond motifs is 13. The molecule has 0 N–H and O–H groups in total. The zero-order chi connectivity index (χ0) is 37.1. The van der Waals surface area contributed by atoms with Gasteiger partial charge in [0.25, 0.3) is 0 Å². The van der Waals surface area contributed by atoms with Crippen molar-refractivity contribution in [2.45, 2.75) is 44.9 Å². The highest BCUT2D eigenvalue weighted by molar-refractivity contribution is 7.21. The van der Waals surface area contributed by atoms with E-state index in [0.717, 1.165) is 25.7 Å². The Hall–Kier alpha value is -6.02. The Kier molecular flexibility index (Phi) is 6.90. The zero-order valence-electron chi connectivity index (χ0n) is 31.7. The summed E-state index contributed by atoms with van der Waals surface area (Å²) in [5, 5.41) is 12.3. The van der Waals surface area contributed by atoms with Gasteiger partial charge in [-0.3, -0.25) is 0 Å². The molecule has 0 saturated carbocycles. The van der Waals surface area contributed by atoms with Crippen molar-refractivity contribution in [2.24, 2.45) is 0 Å². The molecule has 0 nitrogen and oxygen atoms in total. The topological polar surface area (TPSA) is 0 Å². The Morgan fingerprint density at radius 3 is 2.02 bits per heavy atom. The summed E-state index contributed by atoms with van der Waals surface area (Å²) in [5.41, 5.74) is 15.0. The van der Waals surface area contributed by atoms with E-state index in [4.69, 9.17) is 0 Å². The Morgan fingerprint density at radius 1 is 0.518 bits per heavy atom. The van der Waals surface area contributed by atoms with Crippen molar-refractivity contribution >= 4 is 72.0 Å². The molecule has 9 aromatic rings. The second-order valence-corrected chi connectivity index (χ2v) is 17.5. The molecule has 1 heteroatoms. The van der Waals surface area contributed by atoms with Gasteiger partial charge in [-0.1, -0.05) is 153 Å². The fraction of sp³-hybridized carbons (Fsp3) is 0.127. The van der Waals surface area contributed by atoms with E-state index < -0.39 is 0 Å². The smallest absolute Gasteiger partial charge is 0.0440 e. The number of allylic oxidation sites excluding steroid dienone is 1. The fourth-order valence-electron chi connectivity index (χ4n) is 10.7. The highest BCUT2D eigenvalue weighted by atomic mass is 32.1. The van der Waals surface area contributed by atoms with E-state index in [1.54, 1.807) is 0 Å². The summed E-state index contributed by atoms with van der Waals surface area (Å²) in [6, 6.07) is 50.6. The van der Waals surface area contributed by atoms with Gasteiger partial charge < -0.3 is 0 Å². The van der Waals surface area contributed by atoms with Gasteiger partial charge in [0, 0.05) is 25.9 Å². The summed E-state index contributed by atoms with van der Waals surface area (Å²) in [5.74, 6) is 0. The number of aryl methyl sites for hydroxylation is 1. The molecular weight excluding hydrogens is 693 g/mol. The van der Waals surface area contributed by atoms with Crippen molar-refractivity contribution in [3.63, 3.8) is 0 Å². The molecule has 0 saturated heterocycles. The lowest BCUT2D eigenvalue weighted by atomic mass is 9.79. The van der Waals surface area contributed by atoms with E-state index in [0.29, 0.717) is 0 Å². The van der Waals surface area contributed by atoms with Crippen LogP contribution >= 0.6 is 11.3 Å². The number of hydrogen-bond acceptors (Lipinski definition) is 1. The molecule has 56 heavy (non-hydrogen) atoms. The molecule has 1 heterocycles. The standard InChI is InChI=1S/C55H40S/c1-55(2)47-30-29-35(32-46(47)52-53(55)44-25-10-9-24-43(44)51-45-26-11-12-28-48(45)56-54(51)52)34-17-13-18-36(31-34)49-39-20-5-7-22-41(39)50(42-23-8-6-21-40(42)49)38-27-14-16-33-15-3-4-19-37(33)38/h3-5,7,9-10,12-25,27-32H,6,8,11,26H2,1-2H3. The molecule has 0 amide bonds. The van der Waals surface area contributed by atoms with Crippen molar-refractivity contribution in [3.05, 3.63) is 172 Å². The summed E-state index contributed by atoms with van der Waals surface area (Å²) in [4.78, 5) is 1.44. The maximum absolute atomic E-state index is 2.52. The Labute approximate surface area is 331 Å². The largest absolute Gasteiger partial charge is 0.135 e. The first-order valence-corrected chi connectivity index (χ1v) is 21.0. The Morgan fingerprint density at radius 2 is 1.18 bits per heavy atom. The molecule has 1 aromatic heterocycles. The van der Waals surface area contributed by atoms with Crippen LogP contribution in [0.25, 0.3) is 105 Å². The van der Waals surface area contributed by atoms with Gasteiger partial charge in [0.2, 0.25) is 0 Å². The summed E-state index contributed by atoms with van der Waals surface area (Å²) in [6.45, 7) is 4.88. The first-order chi connectivity index (χ1) is 27.6. The minimum atomic E-state index is -0.102. The van der Waals surface area contributed by atoms with Crippen LogP contribution in [0.2, 0.25) is 0 Å². The molecule has 0 fully saturated rings. The molecule has 266 valence electrons. The monoisotopic (exact) mass is 732 g/mol. The van der Waals surface area contributed by atoms with Gasteiger partial charge in [-0.15, -0.1) is 11.3 Å². The van der Waals surface area contributed by atoms with Gasteiger partial charge in [0.15, 0.2) is 0 Å². The molecule has 0 spiro atoms.